The Morgan fingerprint density at radius 3 is 2.21 bits per heavy atom. The molecular weight excluding hydrogens is 234 g/mol. The van der Waals surface area contributed by atoms with Gasteiger partial charge in [0.15, 0.2) is 0 Å². The van der Waals surface area contributed by atoms with Gasteiger partial charge < -0.3 is 10.5 Å². The van der Waals surface area contributed by atoms with Crippen LogP contribution in [-0.2, 0) is 0 Å². The van der Waals surface area contributed by atoms with E-state index in [1.165, 1.54) is 5.56 Å². The van der Waals surface area contributed by atoms with Crippen molar-refractivity contribution < 1.29 is 4.74 Å². The zero-order valence-electron chi connectivity index (χ0n) is 11.8. The first-order valence-electron chi connectivity index (χ1n) is 6.62. The summed E-state index contributed by atoms with van der Waals surface area (Å²) in [6, 6.07) is 16.2. The smallest absolute Gasteiger partial charge is 0.122 e. The molecular formula is C17H21NO. The van der Waals surface area contributed by atoms with Crippen molar-refractivity contribution in [2.45, 2.75) is 32.9 Å². The molecule has 0 saturated heterocycles. The third kappa shape index (κ3) is 3.36. The Morgan fingerprint density at radius 1 is 0.947 bits per heavy atom. The molecule has 0 aliphatic heterocycles. The van der Waals surface area contributed by atoms with Crippen LogP contribution in [-0.4, -0.2) is 6.10 Å². The molecule has 2 heteroatoms. The van der Waals surface area contributed by atoms with Crippen molar-refractivity contribution in [3.63, 3.8) is 0 Å². The van der Waals surface area contributed by atoms with Crippen LogP contribution in [0, 0.1) is 13.8 Å². The number of hydrogen-bond acceptors (Lipinski definition) is 2. The van der Waals surface area contributed by atoms with Crippen molar-refractivity contribution in [3.8, 4) is 5.75 Å². The highest BCUT2D eigenvalue weighted by Crippen LogP contribution is 2.23. The van der Waals surface area contributed by atoms with Gasteiger partial charge in [-0.3, -0.25) is 0 Å². The Bertz CT molecular complexity index is 533. The molecule has 0 fully saturated rings. The number of para-hydroxylation sites is 1. The molecule has 0 heterocycles. The van der Waals surface area contributed by atoms with E-state index in [-0.39, 0.29) is 12.1 Å². The number of nitrogens with two attached hydrogens (primary N) is 1. The molecule has 0 radical (unpaired) electrons. The summed E-state index contributed by atoms with van der Waals surface area (Å²) >= 11 is 0. The fraction of sp³-hybridized carbons (Fsp3) is 0.294. The predicted octanol–water partition coefficient (Wildman–Crippen LogP) is 3.77. The molecule has 0 aliphatic carbocycles. The topological polar surface area (TPSA) is 35.2 Å². The van der Waals surface area contributed by atoms with Gasteiger partial charge >= 0.3 is 0 Å². The lowest BCUT2D eigenvalue weighted by Crippen LogP contribution is -2.28. The summed E-state index contributed by atoms with van der Waals surface area (Å²) in [6.07, 6.45) is -0.0659. The van der Waals surface area contributed by atoms with Crippen LogP contribution in [0.2, 0.25) is 0 Å². The van der Waals surface area contributed by atoms with E-state index in [1.54, 1.807) is 0 Å². The fourth-order valence-corrected chi connectivity index (χ4v) is 2.02. The molecule has 19 heavy (non-hydrogen) atoms. The van der Waals surface area contributed by atoms with Crippen LogP contribution in [0.25, 0.3) is 0 Å². The van der Waals surface area contributed by atoms with E-state index in [0.29, 0.717) is 0 Å². The van der Waals surface area contributed by atoms with Crippen molar-refractivity contribution in [3.05, 3.63) is 65.2 Å². The van der Waals surface area contributed by atoms with Crippen LogP contribution in [0.4, 0.5) is 0 Å². The molecule has 100 valence electrons. The molecule has 0 amide bonds. The Hall–Kier alpha value is -1.80. The van der Waals surface area contributed by atoms with Crippen LogP contribution in [0.15, 0.2) is 48.5 Å². The first-order valence-corrected chi connectivity index (χ1v) is 6.62. The van der Waals surface area contributed by atoms with Gasteiger partial charge in [-0.25, -0.2) is 0 Å². The summed E-state index contributed by atoms with van der Waals surface area (Å²) < 4.78 is 5.97. The molecule has 0 aliphatic rings. The van der Waals surface area contributed by atoms with E-state index in [0.717, 1.165) is 16.9 Å². The Balaban J connectivity index is 2.09. The standard InChI is InChI=1S/C17H21NO/c1-12-8-10-15(11-9-12)17(18)14(3)19-16-7-5-4-6-13(16)2/h4-11,14,17H,18H2,1-3H3. The van der Waals surface area contributed by atoms with Gasteiger partial charge in [0.2, 0.25) is 0 Å². The Kier molecular flexibility index (Phi) is 4.23. The summed E-state index contributed by atoms with van der Waals surface area (Å²) in [5.41, 5.74) is 9.73. The van der Waals surface area contributed by atoms with Gasteiger partial charge in [0.05, 0.1) is 6.04 Å². The predicted molar refractivity (Wildman–Crippen MR) is 79.4 cm³/mol. The van der Waals surface area contributed by atoms with E-state index >= 15 is 0 Å². The van der Waals surface area contributed by atoms with Crippen molar-refractivity contribution in [1.82, 2.24) is 0 Å². The molecule has 2 aromatic carbocycles. The van der Waals surface area contributed by atoms with Crippen molar-refractivity contribution >= 4 is 0 Å². The fourth-order valence-electron chi connectivity index (χ4n) is 2.02. The number of ether oxygens (including phenoxy) is 1. The maximum absolute atomic E-state index is 6.26. The van der Waals surface area contributed by atoms with Crippen LogP contribution in [0.3, 0.4) is 0 Å². The van der Waals surface area contributed by atoms with E-state index in [2.05, 4.69) is 31.2 Å². The van der Waals surface area contributed by atoms with Crippen molar-refractivity contribution in [1.29, 1.82) is 0 Å². The molecule has 2 N–H and O–H groups in total. The molecule has 0 saturated carbocycles. The highest BCUT2D eigenvalue weighted by molar-refractivity contribution is 5.32. The van der Waals surface area contributed by atoms with Crippen molar-refractivity contribution in [2.75, 3.05) is 0 Å². The lowest BCUT2D eigenvalue weighted by atomic mass is 10.0. The number of benzene rings is 2. The zero-order chi connectivity index (χ0) is 13.8. The maximum Gasteiger partial charge on any atom is 0.122 e. The highest BCUT2D eigenvalue weighted by atomic mass is 16.5. The van der Waals surface area contributed by atoms with Crippen LogP contribution in [0.1, 0.15) is 29.7 Å². The van der Waals surface area contributed by atoms with E-state index in [4.69, 9.17) is 10.5 Å². The molecule has 2 aromatic rings. The molecule has 2 atom stereocenters. The quantitative estimate of drug-likeness (QED) is 0.902. The Morgan fingerprint density at radius 2 is 1.58 bits per heavy atom. The average molecular weight is 255 g/mol. The second kappa shape index (κ2) is 5.89. The SMILES string of the molecule is Cc1ccc(C(N)C(C)Oc2ccccc2C)cc1. The first kappa shape index (κ1) is 13.6. The Labute approximate surface area is 115 Å². The van der Waals surface area contributed by atoms with Crippen LogP contribution in [0.5, 0.6) is 5.75 Å². The van der Waals surface area contributed by atoms with Crippen molar-refractivity contribution in [2.24, 2.45) is 5.73 Å². The first-order chi connectivity index (χ1) is 9.08. The lowest BCUT2D eigenvalue weighted by Gasteiger charge is -2.23. The van der Waals surface area contributed by atoms with Crippen LogP contribution >= 0.6 is 0 Å². The molecule has 2 rings (SSSR count). The molecule has 2 nitrogen and oxygen atoms in total. The highest BCUT2D eigenvalue weighted by Gasteiger charge is 2.17. The molecule has 0 spiro atoms. The summed E-state index contributed by atoms with van der Waals surface area (Å²) in [7, 11) is 0. The van der Waals surface area contributed by atoms with Gasteiger partial charge in [-0.15, -0.1) is 0 Å². The van der Waals surface area contributed by atoms with Gasteiger partial charge in [0.25, 0.3) is 0 Å². The van der Waals surface area contributed by atoms with Gasteiger partial charge in [-0.05, 0) is 38.0 Å². The van der Waals surface area contributed by atoms with E-state index in [1.807, 2.05) is 38.1 Å². The minimum absolute atomic E-state index is 0.0659. The molecule has 2 unspecified atom stereocenters. The van der Waals surface area contributed by atoms with Gasteiger partial charge in [-0.2, -0.15) is 0 Å². The third-order valence-electron chi connectivity index (χ3n) is 3.37. The average Bonchev–Trinajstić information content (AvgIpc) is 2.41. The molecule has 0 aromatic heterocycles. The largest absolute Gasteiger partial charge is 0.488 e. The second-order valence-corrected chi connectivity index (χ2v) is 5.02. The summed E-state index contributed by atoms with van der Waals surface area (Å²) in [5.74, 6) is 0.901. The van der Waals surface area contributed by atoms with Gasteiger partial charge in [0, 0.05) is 0 Å². The lowest BCUT2D eigenvalue weighted by molar-refractivity contribution is 0.189. The summed E-state index contributed by atoms with van der Waals surface area (Å²) in [5, 5.41) is 0. The maximum atomic E-state index is 6.26. The van der Waals surface area contributed by atoms with Crippen LogP contribution < -0.4 is 10.5 Å². The summed E-state index contributed by atoms with van der Waals surface area (Å²) in [4.78, 5) is 0. The normalized spacial score (nSPS) is 13.9. The van der Waals surface area contributed by atoms with E-state index in [9.17, 15) is 0 Å². The number of hydrogen-bond donors (Lipinski definition) is 1. The zero-order valence-corrected chi connectivity index (χ0v) is 11.8. The summed E-state index contributed by atoms with van der Waals surface area (Å²) in [6.45, 7) is 6.12. The molecule has 0 bridgehead atoms. The minimum Gasteiger partial charge on any atom is -0.488 e. The van der Waals surface area contributed by atoms with Gasteiger partial charge in [-0.1, -0.05) is 48.0 Å². The number of aryl methyl sites for hydroxylation is 2. The second-order valence-electron chi connectivity index (χ2n) is 5.02. The van der Waals surface area contributed by atoms with E-state index < -0.39 is 0 Å². The van der Waals surface area contributed by atoms with Gasteiger partial charge in [0.1, 0.15) is 11.9 Å². The third-order valence-corrected chi connectivity index (χ3v) is 3.37. The minimum atomic E-state index is -0.125. The monoisotopic (exact) mass is 255 g/mol. The number of rotatable bonds is 4.